The summed E-state index contributed by atoms with van der Waals surface area (Å²) in [6.07, 6.45) is 2.13. The van der Waals surface area contributed by atoms with Crippen molar-refractivity contribution in [2.45, 2.75) is 0 Å². The smallest absolute Gasteiger partial charge is 0.136 e. The van der Waals surface area contributed by atoms with Gasteiger partial charge in [0.2, 0.25) is 0 Å². The van der Waals surface area contributed by atoms with Crippen molar-refractivity contribution in [1.82, 2.24) is 23.5 Å². The molecule has 5 heterocycles. The Morgan fingerprint density at radius 1 is 0.483 bits per heavy atom. The van der Waals surface area contributed by atoms with Gasteiger partial charge in [-0.3, -0.25) is 0 Å². The Morgan fingerprint density at radius 3 is 1.97 bits per heavy atom. The van der Waals surface area contributed by atoms with Gasteiger partial charge in [0.05, 0.1) is 5.52 Å². The van der Waals surface area contributed by atoms with Gasteiger partial charge in [-0.2, -0.15) is 6.07 Å². The zero-order chi connectivity index (χ0) is 38.9. The van der Waals surface area contributed by atoms with Gasteiger partial charge in [0.1, 0.15) is 5.65 Å². The van der Waals surface area contributed by atoms with Crippen LogP contribution in [-0.4, -0.2) is 23.5 Å². The molecule has 0 fully saturated rings. The molecule has 8 bridgehead atoms. The normalized spacial score (nSPS) is 11.5. The largest absolute Gasteiger partial charge is 0.522 e. The van der Waals surface area contributed by atoms with Gasteiger partial charge in [-0.15, -0.1) is 23.6 Å². The molecule has 60 heavy (non-hydrogen) atoms. The zero-order valence-electron chi connectivity index (χ0n) is 31.9. The summed E-state index contributed by atoms with van der Waals surface area (Å²) in [4.78, 5) is 10.7. The summed E-state index contributed by atoms with van der Waals surface area (Å²) in [6.45, 7) is 0. The second-order valence-corrected chi connectivity index (χ2v) is 14.7. The van der Waals surface area contributed by atoms with Crippen LogP contribution in [0.15, 0.2) is 199 Å². The number of para-hydroxylation sites is 4. The van der Waals surface area contributed by atoms with Crippen LogP contribution in [0.5, 0.6) is 0 Å². The monoisotopic (exact) mass is 949 g/mol. The summed E-state index contributed by atoms with van der Waals surface area (Å²) in [5, 5.41) is 5.33. The fraction of sp³-hybridized carbons (Fsp3) is 0. The van der Waals surface area contributed by atoms with Crippen LogP contribution in [0.4, 0.5) is 0 Å². The Hall–Kier alpha value is -7.40. The van der Waals surface area contributed by atoms with E-state index in [0.717, 1.165) is 88.4 Å². The second kappa shape index (κ2) is 14.5. The van der Waals surface area contributed by atoms with E-state index < -0.39 is 0 Å². The quantitative estimate of drug-likeness (QED) is 0.162. The first-order valence-corrected chi connectivity index (χ1v) is 19.7. The van der Waals surface area contributed by atoms with Crippen LogP contribution >= 0.6 is 0 Å². The minimum absolute atomic E-state index is 0. The second-order valence-electron chi connectivity index (χ2n) is 14.7. The van der Waals surface area contributed by atoms with Crippen molar-refractivity contribution in [1.29, 1.82) is 0 Å². The number of nitrogens with zero attached hydrogens (tertiary/aromatic N) is 5. The summed E-state index contributed by atoms with van der Waals surface area (Å²) >= 11 is 0. The maximum absolute atomic E-state index is 6.77. The molecule has 0 N–H and O–H groups in total. The molecule has 11 aromatic rings. The summed E-state index contributed by atoms with van der Waals surface area (Å²) in [7, 11) is 0. The van der Waals surface area contributed by atoms with Crippen molar-refractivity contribution in [2.24, 2.45) is 0 Å². The van der Waals surface area contributed by atoms with Gasteiger partial charge in [-0.25, -0.2) is 11.1 Å². The molecule has 0 atom stereocenters. The van der Waals surface area contributed by atoms with Crippen LogP contribution in [0.1, 0.15) is 0 Å². The number of imidazole rings is 1. The van der Waals surface area contributed by atoms with Gasteiger partial charge in [0.15, 0.2) is 0 Å². The van der Waals surface area contributed by atoms with Crippen molar-refractivity contribution in [3.05, 3.63) is 207 Å². The molecule has 0 saturated carbocycles. The Kier molecular flexibility index (Phi) is 8.61. The first kappa shape index (κ1) is 35.7. The Bertz CT molecular complexity index is 3680. The van der Waals surface area contributed by atoms with Gasteiger partial charge >= 0.3 is 0 Å². The molecule has 288 valence electrons. The molecule has 6 nitrogen and oxygen atoms in total. The predicted octanol–water partition coefficient (Wildman–Crippen LogP) is 13.2. The number of pyridine rings is 2. The van der Waals surface area contributed by atoms with E-state index in [4.69, 9.17) is 14.4 Å². The van der Waals surface area contributed by atoms with E-state index in [1.165, 1.54) is 0 Å². The summed E-state index contributed by atoms with van der Waals surface area (Å²) in [5.74, 6) is 0. The van der Waals surface area contributed by atoms with Crippen LogP contribution in [0, 0.1) is 12.1 Å². The van der Waals surface area contributed by atoms with Gasteiger partial charge in [-0.05, 0) is 84.9 Å². The summed E-state index contributed by atoms with van der Waals surface area (Å²) < 4.78 is 13.4. The standard InChI is InChI=1S/C53H32N5O.Pt/c1-3-15-35(16-4-1)39-22-13-23-44-40-19-7-8-20-41(40)45-24-14-28-51(54-45)58-47-25-10-9-21-42(47)43-30-29-37(32-50(43)58)59-38-31-46(36-17-5-2-6-18-36)55-52(33-38)56-34-57(53(39)44)49-27-12-11-26-48(49)56;/h1-31,34H;/q-3;. The van der Waals surface area contributed by atoms with Gasteiger partial charge in [0, 0.05) is 43.9 Å². The molecule has 0 saturated heterocycles. The van der Waals surface area contributed by atoms with Crippen molar-refractivity contribution >= 4 is 71.5 Å². The molecule has 1 aliphatic heterocycles. The molecular formula is C53H32N5OPt-3. The molecule has 12 rings (SSSR count). The topological polar surface area (TPSA) is 53.2 Å². The van der Waals surface area contributed by atoms with Crippen LogP contribution < -0.4 is 0 Å². The van der Waals surface area contributed by atoms with E-state index in [9.17, 15) is 0 Å². The van der Waals surface area contributed by atoms with Crippen LogP contribution in [0.3, 0.4) is 0 Å². The van der Waals surface area contributed by atoms with Crippen LogP contribution in [0.2, 0.25) is 0 Å². The van der Waals surface area contributed by atoms with Crippen molar-refractivity contribution in [2.75, 3.05) is 0 Å². The Labute approximate surface area is 358 Å². The number of hydrogen-bond acceptors (Lipinski definition) is 3. The molecule has 0 radical (unpaired) electrons. The van der Waals surface area contributed by atoms with Crippen LogP contribution in [0.25, 0.3) is 105 Å². The minimum atomic E-state index is 0. The molecule has 0 aliphatic carbocycles. The first-order chi connectivity index (χ1) is 29.2. The fourth-order valence-corrected chi connectivity index (χ4v) is 8.63. The third kappa shape index (κ3) is 5.79. The van der Waals surface area contributed by atoms with E-state index in [1.807, 2.05) is 30.3 Å². The fourth-order valence-electron chi connectivity index (χ4n) is 8.63. The van der Waals surface area contributed by atoms with Crippen molar-refractivity contribution in [3.8, 4) is 33.8 Å². The summed E-state index contributed by atoms with van der Waals surface area (Å²) in [6, 6.07) is 72.4. The average molecular weight is 950 g/mol. The van der Waals surface area contributed by atoms with Crippen molar-refractivity contribution < 1.29 is 25.5 Å². The van der Waals surface area contributed by atoms with E-state index in [0.29, 0.717) is 16.8 Å². The number of hydrogen-bond donors (Lipinski definition) is 0. The maximum Gasteiger partial charge on any atom is 0.136 e. The number of benzene rings is 7. The minimum Gasteiger partial charge on any atom is -0.522 e. The SMILES string of the molecule is [Pt].[c-]1c2cc(-c3ccccc3)nc1n1[cH-]n(c3c(-c4ccccc4)cccc3c3ccccc3c3cccc(n3)n3c4[c-]c(ccc4c4ccccc43)o2)-c2ccccc2-1. The first-order valence-electron chi connectivity index (χ1n) is 19.7. The van der Waals surface area contributed by atoms with Gasteiger partial charge in [-0.1, -0.05) is 157 Å². The van der Waals surface area contributed by atoms with E-state index in [-0.39, 0.29) is 21.1 Å². The molecule has 1 aliphatic rings. The molecule has 0 unspecified atom stereocenters. The van der Waals surface area contributed by atoms with E-state index >= 15 is 0 Å². The van der Waals surface area contributed by atoms with Crippen LogP contribution in [-0.2, 0) is 21.1 Å². The third-order valence-electron chi connectivity index (χ3n) is 11.3. The number of fused-ring (bicyclic) bond motifs is 20. The van der Waals surface area contributed by atoms with Gasteiger partial charge < -0.3 is 22.9 Å². The van der Waals surface area contributed by atoms with E-state index in [2.05, 4.69) is 190 Å². The zero-order valence-corrected chi connectivity index (χ0v) is 34.2. The third-order valence-corrected chi connectivity index (χ3v) is 11.3. The van der Waals surface area contributed by atoms with Crippen molar-refractivity contribution in [3.63, 3.8) is 0 Å². The van der Waals surface area contributed by atoms with Gasteiger partial charge in [0.25, 0.3) is 0 Å². The molecule has 7 aromatic carbocycles. The average Bonchev–Trinajstić information content (AvgIpc) is 3.85. The Balaban J connectivity index is 0.00000408. The summed E-state index contributed by atoms with van der Waals surface area (Å²) in [5.41, 5.74) is 12.2. The Morgan fingerprint density at radius 2 is 1.15 bits per heavy atom. The van der Waals surface area contributed by atoms with E-state index in [1.54, 1.807) is 0 Å². The number of aromatic nitrogens is 5. The predicted molar refractivity (Wildman–Crippen MR) is 240 cm³/mol. The number of rotatable bonds is 2. The maximum atomic E-state index is 6.77. The molecule has 0 spiro atoms. The molecule has 0 amide bonds. The molecular weight excluding hydrogens is 918 g/mol. The molecule has 4 aromatic heterocycles. The molecule has 7 heteroatoms.